The van der Waals surface area contributed by atoms with Crippen LogP contribution in [0.5, 0.6) is 0 Å². The molecule has 2 aliphatic rings. The van der Waals surface area contributed by atoms with Crippen LogP contribution in [0.4, 0.5) is 0 Å². The molecule has 20 heavy (non-hydrogen) atoms. The van der Waals surface area contributed by atoms with Gasteiger partial charge in [-0.2, -0.15) is 0 Å². The fraction of sp³-hybridized carbons (Fsp3) is 0.750. The Morgan fingerprint density at radius 1 is 1.30 bits per heavy atom. The van der Waals surface area contributed by atoms with Gasteiger partial charge in [-0.15, -0.1) is 10.2 Å². The Morgan fingerprint density at radius 3 is 2.60 bits per heavy atom. The quantitative estimate of drug-likeness (QED) is 0.827. The Hall–Kier alpha value is -0.890. The van der Waals surface area contributed by atoms with Crippen molar-refractivity contribution in [1.82, 2.24) is 14.8 Å². The van der Waals surface area contributed by atoms with Gasteiger partial charge in [-0.25, -0.2) is 0 Å². The maximum absolute atomic E-state index is 11.5. The third kappa shape index (κ3) is 3.06. The molecule has 1 saturated heterocycles. The molecular formula is C12H17N3O3S2. The number of aromatic nitrogens is 3. The molecule has 0 amide bonds. The van der Waals surface area contributed by atoms with Gasteiger partial charge in [0.15, 0.2) is 5.16 Å². The summed E-state index contributed by atoms with van der Waals surface area (Å²) in [6, 6.07) is 0.273. The maximum atomic E-state index is 11.5. The van der Waals surface area contributed by atoms with Gasteiger partial charge >= 0.3 is 5.97 Å². The Kier molecular flexibility index (Phi) is 4.11. The molecule has 3 rings (SSSR count). The topological polar surface area (TPSA) is 85.1 Å². The van der Waals surface area contributed by atoms with Crippen molar-refractivity contribution in [2.45, 2.75) is 42.8 Å². The third-order valence-electron chi connectivity index (χ3n) is 3.68. The van der Waals surface area contributed by atoms with Crippen LogP contribution in [0.15, 0.2) is 5.16 Å². The first-order chi connectivity index (χ1) is 9.65. The number of carbonyl (C=O) groups is 1. The molecule has 0 spiro atoms. The molecule has 110 valence electrons. The molecular weight excluding hydrogens is 298 g/mol. The number of hydrogen-bond acceptors (Lipinski definition) is 5. The summed E-state index contributed by atoms with van der Waals surface area (Å²) in [5, 5.41) is 18.0. The van der Waals surface area contributed by atoms with Gasteiger partial charge in [-0.1, -0.05) is 11.8 Å². The second kappa shape index (κ2) is 5.85. The van der Waals surface area contributed by atoms with Crippen LogP contribution in [-0.2, 0) is 15.6 Å². The number of rotatable bonds is 5. The average Bonchev–Trinajstić information content (AvgIpc) is 3.18. The van der Waals surface area contributed by atoms with Gasteiger partial charge in [0.25, 0.3) is 0 Å². The summed E-state index contributed by atoms with van der Waals surface area (Å²) in [5.74, 6) is 2.07. The first-order valence-corrected chi connectivity index (χ1v) is 9.27. The standard InChI is InChI=1S/C12H17N3O3S2/c16-10(17)7-19-12-14-13-11(8-1-2-8)15(12)9-3-5-20(18)6-4-9/h8-9H,1-7H2,(H,16,17). The van der Waals surface area contributed by atoms with E-state index in [2.05, 4.69) is 14.8 Å². The Bertz CT molecular complexity index is 532. The number of carboxylic acid groups (broad SMARTS) is 1. The molecule has 6 nitrogen and oxygen atoms in total. The number of hydrogen-bond donors (Lipinski definition) is 1. The van der Waals surface area contributed by atoms with E-state index in [-0.39, 0.29) is 11.8 Å². The van der Waals surface area contributed by atoms with Crippen LogP contribution in [0.1, 0.15) is 43.5 Å². The molecule has 1 N–H and O–H groups in total. The van der Waals surface area contributed by atoms with Gasteiger partial charge in [-0.05, 0) is 25.7 Å². The van der Waals surface area contributed by atoms with Crippen LogP contribution in [0, 0.1) is 0 Å². The van der Waals surface area contributed by atoms with Gasteiger partial charge < -0.3 is 9.67 Å². The maximum Gasteiger partial charge on any atom is 0.313 e. The fourth-order valence-electron chi connectivity index (χ4n) is 2.52. The highest BCUT2D eigenvalue weighted by molar-refractivity contribution is 7.99. The largest absolute Gasteiger partial charge is 0.481 e. The number of carboxylic acids is 1. The predicted molar refractivity (Wildman–Crippen MR) is 76.5 cm³/mol. The molecule has 2 heterocycles. The first kappa shape index (κ1) is 14.1. The highest BCUT2D eigenvalue weighted by Crippen LogP contribution is 2.42. The van der Waals surface area contributed by atoms with Gasteiger partial charge in [0, 0.05) is 34.3 Å². The van der Waals surface area contributed by atoms with E-state index in [1.807, 2.05) is 0 Å². The number of thioether (sulfide) groups is 1. The van der Waals surface area contributed by atoms with E-state index >= 15 is 0 Å². The van der Waals surface area contributed by atoms with Crippen molar-refractivity contribution in [3.63, 3.8) is 0 Å². The van der Waals surface area contributed by atoms with E-state index in [9.17, 15) is 9.00 Å². The molecule has 1 aliphatic carbocycles. The second-order valence-corrected chi connectivity index (χ2v) is 7.89. The zero-order chi connectivity index (χ0) is 14.1. The SMILES string of the molecule is O=C(O)CSc1nnc(C2CC2)n1C1CCS(=O)CC1. The van der Waals surface area contributed by atoms with Gasteiger partial charge in [0.2, 0.25) is 0 Å². The number of nitrogens with zero attached hydrogens (tertiary/aromatic N) is 3. The summed E-state index contributed by atoms with van der Waals surface area (Å²) in [5.41, 5.74) is 0. The molecule has 1 aliphatic heterocycles. The van der Waals surface area contributed by atoms with Crippen molar-refractivity contribution < 1.29 is 14.1 Å². The van der Waals surface area contributed by atoms with E-state index < -0.39 is 16.8 Å². The normalized spacial score (nSPS) is 26.6. The number of aliphatic carboxylic acids is 1. The predicted octanol–water partition coefficient (Wildman–Crippen LogP) is 1.42. The van der Waals surface area contributed by atoms with Crippen molar-refractivity contribution in [3.05, 3.63) is 5.82 Å². The lowest BCUT2D eigenvalue weighted by molar-refractivity contribution is -0.133. The fourth-order valence-corrected chi connectivity index (χ4v) is 4.52. The molecule has 0 bridgehead atoms. The van der Waals surface area contributed by atoms with Crippen LogP contribution >= 0.6 is 11.8 Å². The minimum Gasteiger partial charge on any atom is -0.481 e. The van der Waals surface area contributed by atoms with Crippen LogP contribution in [0.2, 0.25) is 0 Å². The van der Waals surface area contributed by atoms with Crippen molar-refractivity contribution in [2.24, 2.45) is 0 Å². The van der Waals surface area contributed by atoms with Crippen LogP contribution < -0.4 is 0 Å². The lowest BCUT2D eigenvalue weighted by atomic mass is 10.1. The smallest absolute Gasteiger partial charge is 0.313 e. The van der Waals surface area contributed by atoms with Crippen molar-refractivity contribution in [3.8, 4) is 0 Å². The Balaban J connectivity index is 1.83. The highest BCUT2D eigenvalue weighted by Gasteiger charge is 2.34. The Morgan fingerprint density at radius 2 is 2.00 bits per heavy atom. The second-order valence-electron chi connectivity index (χ2n) is 5.25. The lowest BCUT2D eigenvalue weighted by Gasteiger charge is -2.25. The summed E-state index contributed by atoms with van der Waals surface area (Å²) in [6.07, 6.45) is 4.01. The van der Waals surface area contributed by atoms with E-state index in [1.165, 1.54) is 11.8 Å². The highest BCUT2D eigenvalue weighted by atomic mass is 32.2. The summed E-state index contributed by atoms with van der Waals surface area (Å²) < 4.78 is 13.6. The van der Waals surface area contributed by atoms with E-state index in [4.69, 9.17) is 5.11 Å². The van der Waals surface area contributed by atoms with Crippen LogP contribution in [0.25, 0.3) is 0 Å². The molecule has 8 heteroatoms. The Labute approximate surface area is 123 Å². The lowest BCUT2D eigenvalue weighted by Crippen LogP contribution is -2.23. The minimum absolute atomic E-state index is 0.00144. The van der Waals surface area contributed by atoms with E-state index in [1.54, 1.807) is 0 Å². The van der Waals surface area contributed by atoms with Crippen LogP contribution in [-0.4, -0.2) is 47.3 Å². The van der Waals surface area contributed by atoms with Gasteiger partial charge in [-0.3, -0.25) is 9.00 Å². The van der Waals surface area contributed by atoms with E-state index in [0.717, 1.165) is 43.0 Å². The molecule has 1 aromatic heterocycles. The van der Waals surface area contributed by atoms with Gasteiger partial charge in [0.05, 0.1) is 5.75 Å². The molecule has 0 radical (unpaired) electrons. The molecule has 2 fully saturated rings. The van der Waals surface area contributed by atoms with Crippen molar-refractivity contribution in [2.75, 3.05) is 17.3 Å². The summed E-state index contributed by atoms with van der Waals surface area (Å²) in [6.45, 7) is 0. The molecule has 1 saturated carbocycles. The first-order valence-electron chi connectivity index (χ1n) is 6.79. The molecule has 0 unspecified atom stereocenters. The molecule has 0 aromatic carbocycles. The molecule has 1 aromatic rings. The van der Waals surface area contributed by atoms with Gasteiger partial charge in [0.1, 0.15) is 5.82 Å². The monoisotopic (exact) mass is 315 g/mol. The van der Waals surface area contributed by atoms with Crippen molar-refractivity contribution in [1.29, 1.82) is 0 Å². The summed E-state index contributed by atoms with van der Waals surface area (Å²) in [4.78, 5) is 10.7. The minimum atomic E-state index is -0.845. The molecule has 0 atom stereocenters. The zero-order valence-corrected chi connectivity index (χ0v) is 12.7. The summed E-state index contributed by atoms with van der Waals surface area (Å²) in [7, 11) is -0.697. The zero-order valence-electron chi connectivity index (χ0n) is 11.0. The third-order valence-corrected chi connectivity index (χ3v) is 5.99. The van der Waals surface area contributed by atoms with E-state index in [0.29, 0.717) is 11.1 Å². The average molecular weight is 315 g/mol. The summed E-state index contributed by atoms with van der Waals surface area (Å²) >= 11 is 1.23. The van der Waals surface area contributed by atoms with Crippen molar-refractivity contribution >= 4 is 28.5 Å². The van der Waals surface area contributed by atoms with Crippen LogP contribution in [0.3, 0.4) is 0 Å².